The SMILES string of the molecule is CN(C)c1cnnc(N)c1. The van der Waals surface area contributed by atoms with Gasteiger partial charge in [0.2, 0.25) is 0 Å². The van der Waals surface area contributed by atoms with Gasteiger partial charge >= 0.3 is 0 Å². The number of nitrogens with zero attached hydrogens (tertiary/aromatic N) is 3. The molecule has 0 aliphatic heterocycles. The predicted octanol–water partition coefficient (Wildman–Crippen LogP) is 0.125. The summed E-state index contributed by atoms with van der Waals surface area (Å²) in [5.41, 5.74) is 6.36. The van der Waals surface area contributed by atoms with Gasteiger partial charge in [0.25, 0.3) is 0 Å². The molecule has 4 nitrogen and oxygen atoms in total. The lowest BCUT2D eigenvalue weighted by molar-refractivity contribution is 1.01. The van der Waals surface area contributed by atoms with Gasteiger partial charge < -0.3 is 10.6 Å². The Bertz CT molecular complexity index is 221. The molecular formula is C6H10N4. The molecule has 0 aromatic carbocycles. The predicted molar refractivity (Wildman–Crippen MR) is 40.8 cm³/mol. The van der Waals surface area contributed by atoms with E-state index in [1.807, 2.05) is 19.0 Å². The van der Waals surface area contributed by atoms with Crippen LogP contribution in [-0.2, 0) is 0 Å². The highest BCUT2D eigenvalue weighted by Crippen LogP contribution is 2.09. The molecule has 0 fully saturated rings. The second-order valence-corrected chi connectivity index (χ2v) is 2.23. The van der Waals surface area contributed by atoms with E-state index in [1.54, 1.807) is 12.3 Å². The molecule has 1 rings (SSSR count). The molecule has 1 aromatic rings. The fourth-order valence-electron chi connectivity index (χ4n) is 0.617. The van der Waals surface area contributed by atoms with Crippen molar-refractivity contribution in [2.75, 3.05) is 24.7 Å². The van der Waals surface area contributed by atoms with Crippen LogP contribution in [-0.4, -0.2) is 24.3 Å². The minimum Gasteiger partial charge on any atom is -0.382 e. The molecule has 1 heterocycles. The molecule has 0 unspecified atom stereocenters. The van der Waals surface area contributed by atoms with Crippen LogP contribution in [0.4, 0.5) is 11.5 Å². The van der Waals surface area contributed by atoms with Crippen molar-refractivity contribution in [3.05, 3.63) is 12.3 Å². The number of aromatic nitrogens is 2. The van der Waals surface area contributed by atoms with Crippen LogP contribution in [0.15, 0.2) is 12.3 Å². The maximum atomic E-state index is 5.40. The molecule has 4 heteroatoms. The van der Waals surface area contributed by atoms with Crippen LogP contribution in [0.3, 0.4) is 0 Å². The number of anilines is 2. The summed E-state index contributed by atoms with van der Waals surface area (Å²) in [7, 11) is 3.85. The molecule has 0 radical (unpaired) electrons. The zero-order valence-corrected chi connectivity index (χ0v) is 6.07. The first-order valence-electron chi connectivity index (χ1n) is 2.95. The van der Waals surface area contributed by atoms with Crippen molar-refractivity contribution in [1.82, 2.24) is 10.2 Å². The standard InChI is InChI=1S/C6H10N4/c1-10(2)5-3-6(7)9-8-4-5/h3-4H,1-2H3,(H2,7,9). The molecule has 0 amide bonds. The Kier molecular flexibility index (Phi) is 1.71. The van der Waals surface area contributed by atoms with Gasteiger partial charge in [-0.2, -0.15) is 5.10 Å². The minimum absolute atomic E-state index is 0.450. The van der Waals surface area contributed by atoms with Crippen molar-refractivity contribution < 1.29 is 0 Å². The van der Waals surface area contributed by atoms with Gasteiger partial charge in [0.1, 0.15) is 5.82 Å². The fourth-order valence-corrected chi connectivity index (χ4v) is 0.617. The Balaban J connectivity index is 2.96. The Hall–Kier alpha value is -1.32. The molecule has 0 aliphatic carbocycles. The van der Waals surface area contributed by atoms with E-state index in [-0.39, 0.29) is 0 Å². The summed E-state index contributed by atoms with van der Waals surface area (Å²) in [5, 5.41) is 7.31. The monoisotopic (exact) mass is 138 g/mol. The van der Waals surface area contributed by atoms with Gasteiger partial charge in [-0.25, -0.2) is 0 Å². The van der Waals surface area contributed by atoms with Gasteiger partial charge in [0.15, 0.2) is 0 Å². The summed E-state index contributed by atoms with van der Waals surface area (Å²) in [6.45, 7) is 0. The minimum atomic E-state index is 0.450. The molecule has 0 saturated heterocycles. The largest absolute Gasteiger partial charge is 0.382 e. The van der Waals surface area contributed by atoms with E-state index in [9.17, 15) is 0 Å². The summed E-state index contributed by atoms with van der Waals surface area (Å²) in [6, 6.07) is 1.77. The molecule has 0 atom stereocenters. The summed E-state index contributed by atoms with van der Waals surface area (Å²) >= 11 is 0. The maximum Gasteiger partial charge on any atom is 0.148 e. The van der Waals surface area contributed by atoms with Crippen LogP contribution < -0.4 is 10.6 Å². The molecule has 2 N–H and O–H groups in total. The first-order chi connectivity index (χ1) is 4.70. The first-order valence-corrected chi connectivity index (χ1v) is 2.95. The summed E-state index contributed by atoms with van der Waals surface area (Å²) in [6.07, 6.45) is 1.66. The highest BCUT2D eigenvalue weighted by Gasteiger charge is 1.94. The summed E-state index contributed by atoms with van der Waals surface area (Å²) in [5.74, 6) is 0.450. The quantitative estimate of drug-likeness (QED) is 0.599. The highest BCUT2D eigenvalue weighted by molar-refractivity contribution is 5.48. The van der Waals surface area contributed by atoms with Crippen molar-refractivity contribution in [1.29, 1.82) is 0 Å². The topological polar surface area (TPSA) is 55.0 Å². The summed E-state index contributed by atoms with van der Waals surface area (Å²) in [4.78, 5) is 1.92. The normalized spacial score (nSPS) is 9.40. The lowest BCUT2D eigenvalue weighted by Gasteiger charge is -2.10. The van der Waals surface area contributed by atoms with E-state index in [4.69, 9.17) is 5.73 Å². The van der Waals surface area contributed by atoms with Crippen molar-refractivity contribution in [2.24, 2.45) is 0 Å². The Morgan fingerprint density at radius 2 is 2.20 bits per heavy atom. The third-order valence-electron chi connectivity index (χ3n) is 1.18. The van der Waals surface area contributed by atoms with Crippen LogP contribution >= 0.6 is 0 Å². The lowest BCUT2D eigenvalue weighted by atomic mass is 10.4. The molecular weight excluding hydrogens is 128 g/mol. The Labute approximate surface area is 59.7 Å². The second kappa shape index (κ2) is 2.51. The van der Waals surface area contributed by atoms with E-state index < -0.39 is 0 Å². The fraction of sp³-hybridized carbons (Fsp3) is 0.333. The number of hydrogen-bond donors (Lipinski definition) is 1. The Morgan fingerprint density at radius 1 is 1.50 bits per heavy atom. The van der Waals surface area contributed by atoms with Gasteiger partial charge in [-0.3, -0.25) is 0 Å². The Morgan fingerprint density at radius 3 is 2.60 bits per heavy atom. The van der Waals surface area contributed by atoms with Gasteiger partial charge in [0.05, 0.1) is 11.9 Å². The average Bonchev–Trinajstić information content (AvgIpc) is 1.88. The van der Waals surface area contributed by atoms with Gasteiger partial charge in [0, 0.05) is 20.2 Å². The number of nitrogen functional groups attached to an aromatic ring is 1. The van der Waals surface area contributed by atoms with Crippen LogP contribution in [0.1, 0.15) is 0 Å². The first kappa shape index (κ1) is 6.80. The molecule has 1 aromatic heterocycles. The lowest BCUT2D eigenvalue weighted by Crippen LogP contribution is -2.09. The van der Waals surface area contributed by atoms with E-state index in [2.05, 4.69) is 10.2 Å². The van der Waals surface area contributed by atoms with Crippen LogP contribution in [0.5, 0.6) is 0 Å². The average molecular weight is 138 g/mol. The van der Waals surface area contributed by atoms with Crippen molar-refractivity contribution in [2.45, 2.75) is 0 Å². The maximum absolute atomic E-state index is 5.40. The molecule has 0 aliphatic rings. The molecule has 54 valence electrons. The van der Waals surface area contributed by atoms with E-state index >= 15 is 0 Å². The third kappa shape index (κ3) is 1.34. The van der Waals surface area contributed by atoms with Crippen LogP contribution in [0, 0.1) is 0 Å². The number of nitrogens with two attached hydrogens (primary N) is 1. The second-order valence-electron chi connectivity index (χ2n) is 2.23. The van der Waals surface area contributed by atoms with Crippen LogP contribution in [0.2, 0.25) is 0 Å². The molecule has 0 bridgehead atoms. The third-order valence-corrected chi connectivity index (χ3v) is 1.18. The molecule has 0 spiro atoms. The van der Waals surface area contributed by atoms with E-state index in [1.165, 1.54) is 0 Å². The van der Waals surface area contributed by atoms with E-state index in [0.717, 1.165) is 5.69 Å². The highest BCUT2D eigenvalue weighted by atomic mass is 15.2. The van der Waals surface area contributed by atoms with E-state index in [0.29, 0.717) is 5.82 Å². The summed E-state index contributed by atoms with van der Waals surface area (Å²) < 4.78 is 0. The molecule has 0 saturated carbocycles. The van der Waals surface area contributed by atoms with Gasteiger partial charge in [-0.15, -0.1) is 5.10 Å². The smallest absolute Gasteiger partial charge is 0.148 e. The van der Waals surface area contributed by atoms with Crippen LogP contribution in [0.25, 0.3) is 0 Å². The molecule has 10 heavy (non-hydrogen) atoms. The van der Waals surface area contributed by atoms with Gasteiger partial charge in [-0.05, 0) is 0 Å². The number of rotatable bonds is 1. The zero-order valence-electron chi connectivity index (χ0n) is 6.07. The zero-order chi connectivity index (χ0) is 7.56. The van der Waals surface area contributed by atoms with Crippen molar-refractivity contribution >= 4 is 11.5 Å². The van der Waals surface area contributed by atoms with Crippen molar-refractivity contribution in [3.63, 3.8) is 0 Å². The van der Waals surface area contributed by atoms with Gasteiger partial charge in [-0.1, -0.05) is 0 Å². The number of hydrogen-bond acceptors (Lipinski definition) is 4. The van der Waals surface area contributed by atoms with Crippen molar-refractivity contribution in [3.8, 4) is 0 Å².